The lowest BCUT2D eigenvalue weighted by atomic mass is 9.65. The molecule has 6 nitrogen and oxygen atoms in total. The van der Waals surface area contributed by atoms with Crippen LogP contribution in [-0.2, 0) is 15.1 Å². The smallest absolute Gasteiger partial charge is 0.421 e. The van der Waals surface area contributed by atoms with Crippen molar-refractivity contribution in [1.82, 2.24) is 0 Å². The summed E-state index contributed by atoms with van der Waals surface area (Å²) in [5.74, 6) is 1.52. The minimum atomic E-state index is -4.66. The highest BCUT2D eigenvalue weighted by atomic mass is 19.4. The van der Waals surface area contributed by atoms with Crippen molar-refractivity contribution in [1.29, 1.82) is 0 Å². The van der Waals surface area contributed by atoms with E-state index < -0.39 is 28.4 Å². The molecule has 0 aliphatic heterocycles. The van der Waals surface area contributed by atoms with Gasteiger partial charge < -0.3 is 25.2 Å². The number of aliphatic hydroxyl groups is 3. The van der Waals surface area contributed by atoms with E-state index in [1.165, 1.54) is 17.7 Å². The number of halogens is 3. The standard InChI is InChI=1S/C19H34O4.C13H17F3O.C10H14O/c1-8-17(2,3)16(20)23-13-10-11-9-12(13)15(19(6,7)22)14(11)18(4,5)21;1-4-9(2)10-5-7-11(8-6-10)12(3,17)13(14,15)16;1-3-8(2)9-4-6-10(11)7-5-9/h11-15,21-22H,8-10H2,1-7H3;5-9,17H,4H2,1-3H3;4-8,11H,3H2,1-2H3/t11-,12+,13+,14-,15+;;/m1../s1. The Hall–Kier alpha value is -2.62. The first kappa shape index (κ1) is 44.5. The number of phenolic OH excluding ortho intramolecular Hbond substituents is 1. The number of phenols is 1. The molecule has 8 atom stereocenters. The summed E-state index contributed by atoms with van der Waals surface area (Å²) >= 11 is 0. The van der Waals surface area contributed by atoms with Gasteiger partial charge in [-0.05, 0) is 139 Å². The lowest BCUT2D eigenvalue weighted by molar-refractivity contribution is -0.258. The highest BCUT2D eigenvalue weighted by Gasteiger charge is 2.61. The average molecular weight is 723 g/mol. The molecule has 0 heterocycles. The zero-order valence-electron chi connectivity index (χ0n) is 32.9. The van der Waals surface area contributed by atoms with E-state index in [9.17, 15) is 33.3 Å². The Balaban J connectivity index is 0.000000283. The average Bonchev–Trinajstić information content (AvgIpc) is 3.63. The van der Waals surface area contributed by atoms with Crippen molar-refractivity contribution < 1.29 is 43.1 Å². The van der Waals surface area contributed by atoms with Gasteiger partial charge in [-0.1, -0.05) is 71.0 Å². The minimum Gasteiger partial charge on any atom is -0.508 e. The maximum atomic E-state index is 12.6. The van der Waals surface area contributed by atoms with Crippen molar-refractivity contribution in [3.8, 4) is 5.75 Å². The molecular formula is C42H65F3O6. The SMILES string of the molecule is CCC(C)(C)C(=O)O[C@H]1C[C@H]2C[C@@H]1[C@H](C(C)(C)O)[C@@H]2C(C)(C)O.CCC(C)c1ccc(C(C)(O)C(F)(F)F)cc1.CCC(C)c1ccc(O)cc1. The molecule has 2 aliphatic carbocycles. The fourth-order valence-corrected chi connectivity index (χ4v) is 7.43. The van der Waals surface area contributed by atoms with Gasteiger partial charge in [-0.15, -0.1) is 0 Å². The first-order valence-electron chi connectivity index (χ1n) is 18.6. The number of aromatic hydroxyl groups is 1. The monoisotopic (exact) mass is 722 g/mol. The van der Waals surface area contributed by atoms with E-state index in [0.717, 1.165) is 44.6 Å². The molecular weight excluding hydrogens is 657 g/mol. The van der Waals surface area contributed by atoms with Crippen LogP contribution in [0.15, 0.2) is 48.5 Å². The molecule has 2 aromatic carbocycles. The van der Waals surface area contributed by atoms with Crippen LogP contribution < -0.4 is 0 Å². The molecule has 0 amide bonds. The Morgan fingerprint density at radius 3 is 1.55 bits per heavy atom. The number of hydrogen-bond donors (Lipinski definition) is 4. The fourth-order valence-electron chi connectivity index (χ4n) is 7.43. The first-order valence-corrected chi connectivity index (χ1v) is 18.6. The van der Waals surface area contributed by atoms with Crippen LogP contribution in [-0.4, -0.2) is 49.9 Å². The van der Waals surface area contributed by atoms with E-state index >= 15 is 0 Å². The lowest BCUT2D eigenvalue weighted by Crippen LogP contribution is -2.52. The molecule has 2 saturated carbocycles. The predicted molar refractivity (Wildman–Crippen MR) is 197 cm³/mol. The van der Waals surface area contributed by atoms with Crippen LogP contribution in [0.1, 0.15) is 144 Å². The molecule has 2 aromatic rings. The summed E-state index contributed by atoms with van der Waals surface area (Å²) in [5.41, 5.74) is -2.84. The number of carbonyl (C=O) groups excluding carboxylic acids is 1. The van der Waals surface area contributed by atoms with Crippen molar-refractivity contribution in [2.24, 2.45) is 29.1 Å². The molecule has 2 bridgehead atoms. The van der Waals surface area contributed by atoms with Crippen LogP contribution >= 0.6 is 0 Å². The Kier molecular flexibility index (Phi) is 14.9. The highest BCUT2D eigenvalue weighted by Crippen LogP contribution is 2.59. The van der Waals surface area contributed by atoms with Crippen LogP contribution in [0.5, 0.6) is 5.75 Å². The second-order valence-corrected chi connectivity index (χ2v) is 16.8. The third-order valence-corrected chi connectivity index (χ3v) is 11.6. The maximum absolute atomic E-state index is 12.6. The number of alkyl halides is 3. The summed E-state index contributed by atoms with van der Waals surface area (Å²) in [6.45, 7) is 22.3. The van der Waals surface area contributed by atoms with Crippen molar-refractivity contribution in [2.75, 3.05) is 0 Å². The number of rotatable bonds is 10. The zero-order valence-corrected chi connectivity index (χ0v) is 32.9. The molecule has 4 N–H and O–H groups in total. The largest absolute Gasteiger partial charge is 0.508 e. The van der Waals surface area contributed by atoms with Gasteiger partial charge in [0, 0.05) is 5.92 Å². The molecule has 0 radical (unpaired) electrons. The van der Waals surface area contributed by atoms with Crippen LogP contribution in [0.2, 0.25) is 0 Å². The van der Waals surface area contributed by atoms with Gasteiger partial charge in [0.2, 0.25) is 0 Å². The van der Waals surface area contributed by atoms with Gasteiger partial charge in [0.05, 0.1) is 16.6 Å². The van der Waals surface area contributed by atoms with E-state index in [2.05, 4.69) is 13.8 Å². The van der Waals surface area contributed by atoms with Crippen LogP contribution in [0, 0.1) is 29.1 Å². The highest BCUT2D eigenvalue weighted by molar-refractivity contribution is 5.76. The third kappa shape index (κ3) is 11.2. The molecule has 0 aromatic heterocycles. The number of carbonyl (C=O) groups is 1. The van der Waals surface area contributed by atoms with Gasteiger partial charge in [0.25, 0.3) is 0 Å². The molecule has 2 aliphatic rings. The molecule has 3 unspecified atom stereocenters. The quantitative estimate of drug-likeness (QED) is 0.182. The van der Waals surface area contributed by atoms with Gasteiger partial charge in [-0.2, -0.15) is 13.2 Å². The fraction of sp³-hybridized carbons (Fsp3) is 0.690. The van der Waals surface area contributed by atoms with Gasteiger partial charge in [-0.3, -0.25) is 4.79 Å². The number of fused-ring (bicyclic) bond motifs is 2. The second-order valence-electron chi connectivity index (χ2n) is 16.8. The normalized spacial score (nSPS) is 24.3. The van der Waals surface area contributed by atoms with Crippen molar-refractivity contribution in [3.63, 3.8) is 0 Å². The summed E-state index contributed by atoms with van der Waals surface area (Å²) in [6, 6.07) is 13.4. The molecule has 9 heteroatoms. The summed E-state index contributed by atoms with van der Waals surface area (Å²) in [5, 5.41) is 39.8. The summed E-state index contributed by atoms with van der Waals surface area (Å²) in [4.78, 5) is 12.4. The predicted octanol–water partition coefficient (Wildman–Crippen LogP) is 10.0. The zero-order chi connectivity index (χ0) is 39.3. The lowest BCUT2D eigenvalue weighted by Gasteiger charge is -2.46. The van der Waals surface area contributed by atoms with E-state index in [-0.39, 0.29) is 35.4 Å². The summed E-state index contributed by atoms with van der Waals surface area (Å²) < 4.78 is 43.6. The third-order valence-electron chi connectivity index (χ3n) is 11.6. The number of hydrogen-bond acceptors (Lipinski definition) is 6. The van der Waals surface area contributed by atoms with E-state index in [0.29, 0.717) is 23.5 Å². The van der Waals surface area contributed by atoms with Gasteiger partial charge >= 0.3 is 12.1 Å². The Morgan fingerprint density at radius 2 is 1.18 bits per heavy atom. The Labute approximate surface area is 304 Å². The van der Waals surface area contributed by atoms with Crippen molar-refractivity contribution in [3.05, 3.63) is 65.2 Å². The molecule has 2 fully saturated rings. The van der Waals surface area contributed by atoms with E-state index in [1.54, 1.807) is 24.3 Å². The van der Waals surface area contributed by atoms with E-state index in [4.69, 9.17) is 9.84 Å². The summed E-state index contributed by atoms with van der Waals surface area (Å²) in [7, 11) is 0. The molecule has 0 spiro atoms. The first-order chi connectivity index (χ1) is 23.2. The Morgan fingerprint density at radius 1 is 0.745 bits per heavy atom. The van der Waals surface area contributed by atoms with Gasteiger partial charge in [-0.25, -0.2) is 0 Å². The number of esters is 1. The van der Waals surface area contributed by atoms with Crippen molar-refractivity contribution in [2.45, 2.75) is 156 Å². The Bertz CT molecular complexity index is 1370. The van der Waals surface area contributed by atoms with Crippen LogP contribution in [0.4, 0.5) is 13.2 Å². The number of benzene rings is 2. The minimum absolute atomic E-state index is 0.0432. The maximum Gasteiger partial charge on any atom is 0.421 e. The van der Waals surface area contributed by atoms with Gasteiger partial charge in [0.15, 0.2) is 5.60 Å². The molecule has 290 valence electrons. The van der Waals surface area contributed by atoms with E-state index in [1.807, 2.05) is 74.4 Å². The van der Waals surface area contributed by atoms with Gasteiger partial charge in [0.1, 0.15) is 11.9 Å². The molecule has 4 rings (SSSR count). The molecule has 0 saturated heterocycles. The second kappa shape index (κ2) is 17.0. The summed E-state index contributed by atoms with van der Waals surface area (Å²) in [6.07, 6.45) is -0.252. The topological polar surface area (TPSA) is 107 Å². The van der Waals surface area contributed by atoms with Crippen LogP contribution in [0.3, 0.4) is 0 Å². The number of ether oxygens (including phenoxy) is 1. The molecule has 51 heavy (non-hydrogen) atoms. The van der Waals surface area contributed by atoms with Crippen molar-refractivity contribution >= 4 is 5.97 Å². The van der Waals surface area contributed by atoms with Crippen LogP contribution in [0.25, 0.3) is 0 Å².